The van der Waals surface area contributed by atoms with E-state index < -0.39 is 35.6 Å². The van der Waals surface area contributed by atoms with E-state index in [0.717, 1.165) is 0 Å². The molecule has 1 aliphatic heterocycles. The largest absolute Gasteiger partial charge is 0.444 e. The molecule has 2 aromatic heterocycles. The Kier molecular flexibility index (Phi) is 7.16. The molecule has 1 fully saturated rings. The van der Waals surface area contributed by atoms with Crippen LogP contribution in [0.4, 0.5) is 25.7 Å². The molecule has 0 bridgehead atoms. The molecule has 2 amide bonds. The average Bonchev–Trinajstić information content (AvgIpc) is 3.06. The Hall–Kier alpha value is -2.82. The van der Waals surface area contributed by atoms with Crippen molar-refractivity contribution in [1.29, 1.82) is 0 Å². The van der Waals surface area contributed by atoms with E-state index in [1.807, 2.05) is 0 Å². The summed E-state index contributed by atoms with van der Waals surface area (Å²) in [6.07, 6.45) is -0.596. The summed E-state index contributed by atoms with van der Waals surface area (Å²) in [5.74, 6) is 0.326. The first-order valence-corrected chi connectivity index (χ1v) is 11.4. The normalized spacial score (nSPS) is 19.1. The number of piperidine rings is 1. The number of ether oxygens (including phenoxy) is 2. The molecular weight excluding hydrogens is 467 g/mol. The van der Waals surface area contributed by atoms with Crippen molar-refractivity contribution in [3.8, 4) is 0 Å². The lowest BCUT2D eigenvalue weighted by Gasteiger charge is -2.35. The number of halogens is 2. The third kappa shape index (κ3) is 6.19. The fraction of sp³-hybridized carbons (Fsp3) is 0.636. The molecule has 1 N–H and O–H groups in total. The SMILES string of the molecule is CN(C(=O)OC(C)(C)C)c1nc(N[C@H]2CCN(C(=O)OC(C)(C)C)C[C@H]2F)nn2ccc(Cl)c12. The number of carbonyl (C=O) groups excluding carboxylic acids is 2. The Morgan fingerprint density at radius 3 is 2.44 bits per heavy atom. The lowest BCUT2D eigenvalue weighted by Crippen LogP contribution is -2.51. The summed E-state index contributed by atoms with van der Waals surface area (Å²) in [4.78, 5) is 32.0. The van der Waals surface area contributed by atoms with Gasteiger partial charge in [0.25, 0.3) is 0 Å². The zero-order chi connectivity index (χ0) is 25.4. The second-order valence-corrected chi connectivity index (χ2v) is 10.6. The number of hydrogen-bond acceptors (Lipinski definition) is 7. The summed E-state index contributed by atoms with van der Waals surface area (Å²) < 4.78 is 27.2. The number of nitrogens with zero attached hydrogens (tertiary/aromatic N) is 5. The fourth-order valence-electron chi connectivity index (χ4n) is 3.41. The van der Waals surface area contributed by atoms with Crippen LogP contribution in [0.3, 0.4) is 0 Å². The van der Waals surface area contributed by atoms with E-state index in [-0.39, 0.29) is 18.3 Å². The maximum absolute atomic E-state index is 15.0. The van der Waals surface area contributed by atoms with Crippen LogP contribution >= 0.6 is 11.6 Å². The van der Waals surface area contributed by atoms with Crippen LogP contribution in [0.1, 0.15) is 48.0 Å². The van der Waals surface area contributed by atoms with Crippen LogP contribution < -0.4 is 10.2 Å². The standard InChI is InChI=1S/C22H32ClFN6O4/c1-21(2,3)33-19(31)28(7)17-16-13(23)8-11-30(16)27-18(26-17)25-15-9-10-29(12-14(15)24)20(32)34-22(4,5)6/h8,11,14-15H,9-10,12H2,1-7H3,(H,25,27)/t14-,15+/m1/s1. The van der Waals surface area contributed by atoms with Gasteiger partial charge in [0.05, 0.1) is 17.6 Å². The Bertz CT molecular complexity index is 1060. The quantitative estimate of drug-likeness (QED) is 0.664. The number of fused-ring (bicyclic) bond motifs is 1. The molecule has 1 aliphatic rings. The van der Waals surface area contributed by atoms with Gasteiger partial charge in [-0.25, -0.2) is 18.5 Å². The summed E-state index contributed by atoms with van der Waals surface area (Å²) in [6.45, 7) is 10.8. The van der Waals surface area contributed by atoms with E-state index in [1.165, 1.54) is 21.4 Å². The van der Waals surface area contributed by atoms with E-state index in [1.54, 1.807) is 53.8 Å². The van der Waals surface area contributed by atoms with Crippen LogP contribution in [-0.4, -0.2) is 75.2 Å². The van der Waals surface area contributed by atoms with Crippen molar-refractivity contribution in [2.45, 2.75) is 71.4 Å². The molecule has 2 atom stereocenters. The van der Waals surface area contributed by atoms with Gasteiger partial charge in [-0.15, -0.1) is 5.10 Å². The predicted molar refractivity (Wildman–Crippen MR) is 127 cm³/mol. The number of alkyl halides is 1. The summed E-state index contributed by atoms with van der Waals surface area (Å²) in [5.41, 5.74) is -0.946. The van der Waals surface area contributed by atoms with Crippen molar-refractivity contribution in [3.05, 3.63) is 17.3 Å². The maximum Gasteiger partial charge on any atom is 0.415 e. The number of anilines is 2. The maximum atomic E-state index is 15.0. The van der Waals surface area contributed by atoms with Gasteiger partial charge in [0.2, 0.25) is 5.95 Å². The minimum absolute atomic E-state index is 0.114. The third-order valence-corrected chi connectivity index (χ3v) is 5.24. The molecule has 0 unspecified atom stereocenters. The number of rotatable bonds is 3. The smallest absolute Gasteiger partial charge is 0.415 e. The Morgan fingerprint density at radius 1 is 1.21 bits per heavy atom. The number of amides is 2. The highest BCUT2D eigenvalue weighted by Crippen LogP contribution is 2.29. The van der Waals surface area contributed by atoms with Gasteiger partial charge < -0.3 is 19.7 Å². The lowest BCUT2D eigenvalue weighted by molar-refractivity contribution is 0.0124. The Labute approximate surface area is 203 Å². The van der Waals surface area contributed by atoms with Gasteiger partial charge in [0, 0.05) is 19.8 Å². The third-order valence-electron chi connectivity index (χ3n) is 4.94. The monoisotopic (exact) mass is 498 g/mol. The molecule has 34 heavy (non-hydrogen) atoms. The van der Waals surface area contributed by atoms with Crippen LogP contribution in [0.25, 0.3) is 5.52 Å². The van der Waals surface area contributed by atoms with Gasteiger partial charge in [0.1, 0.15) is 22.9 Å². The predicted octanol–water partition coefficient (Wildman–Crippen LogP) is 4.51. The highest BCUT2D eigenvalue weighted by Gasteiger charge is 2.34. The number of likely N-dealkylation sites (tertiary alicyclic amines) is 1. The molecule has 3 heterocycles. The summed E-state index contributed by atoms with van der Waals surface area (Å²) >= 11 is 6.31. The first-order chi connectivity index (χ1) is 15.6. The van der Waals surface area contributed by atoms with Crippen LogP contribution in [0.5, 0.6) is 0 Å². The van der Waals surface area contributed by atoms with Crippen molar-refractivity contribution in [3.63, 3.8) is 0 Å². The first-order valence-electron chi connectivity index (χ1n) is 11.0. The molecule has 1 saturated heterocycles. The second-order valence-electron chi connectivity index (χ2n) is 10.2. The fourth-order valence-corrected chi connectivity index (χ4v) is 3.63. The van der Waals surface area contributed by atoms with Gasteiger partial charge >= 0.3 is 12.2 Å². The number of hydrogen-bond donors (Lipinski definition) is 1. The second kappa shape index (κ2) is 9.44. The van der Waals surface area contributed by atoms with Crippen molar-refractivity contribution in [1.82, 2.24) is 19.5 Å². The van der Waals surface area contributed by atoms with E-state index in [0.29, 0.717) is 23.5 Å². The van der Waals surface area contributed by atoms with Crippen LogP contribution in [0.2, 0.25) is 5.02 Å². The topological polar surface area (TPSA) is 101 Å². The number of aromatic nitrogens is 3. The molecule has 0 radical (unpaired) electrons. The zero-order valence-electron chi connectivity index (χ0n) is 20.6. The summed E-state index contributed by atoms with van der Waals surface area (Å²) in [5, 5.41) is 7.72. The van der Waals surface area contributed by atoms with Crippen molar-refractivity contribution in [2.75, 3.05) is 30.4 Å². The minimum atomic E-state index is -1.37. The van der Waals surface area contributed by atoms with E-state index >= 15 is 0 Å². The summed E-state index contributed by atoms with van der Waals surface area (Å²) in [6, 6.07) is 0.987. The average molecular weight is 499 g/mol. The van der Waals surface area contributed by atoms with Crippen LogP contribution in [0, 0.1) is 0 Å². The van der Waals surface area contributed by atoms with Gasteiger partial charge in [-0.05, 0) is 54.0 Å². The highest BCUT2D eigenvalue weighted by molar-refractivity contribution is 6.34. The molecule has 12 heteroatoms. The molecule has 0 aliphatic carbocycles. The number of nitrogens with one attached hydrogen (secondary N) is 1. The van der Waals surface area contributed by atoms with Crippen molar-refractivity contribution >= 4 is 41.1 Å². The van der Waals surface area contributed by atoms with Crippen LogP contribution in [0.15, 0.2) is 12.3 Å². The molecule has 0 saturated carbocycles. The molecule has 0 aromatic carbocycles. The molecule has 188 valence electrons. The summed E-state index contributed by atoms with van der Waals surface area (Å²) in [7, 11) is 1.51. The molecular formula is C22H32ClFN6O4. The molecule has 3 rings (SSSR count). The highest BCUT2D eigenvalue weighted by atomic mass is 35.5. The zero-order valence-corrected chi connectivity index (χ0v) is 21.3. The van der Waals surface area contributed by atoms with Gasteiger partial charge in [-0.1, -0.05) is 11.6 Å². The van der Waals surface area contributed by atoms with E-state index in [9.17, 15) is 14.0 Å². The minimum Gasteiger partial charge on any atom is -0.444 e. The number of carbonyl (C=O) groups is 2. The Balaban J connectivity index is 1.79. The van der Waals surface area contributed by atoms with E-state index in [4.69, 9.17) is 21.1 Å². The molecule has 10 nitrogen and oxygen atoms in total. The molecule has 2 aromatic rings. The lowest BCUT2D eigenvalue weighted by atomic mass is 10.0. The first kappa shape index (κ1) is 25.8. The van der Waals surface area contributed by atoms with Crippen molar-refractivity contribution < 1.29 is 23.5 Å². The van der Waals surface area contributed by atoms with Crippen molar-refractivity contribution in [2.24, 2.45) is 0 Å². The Morgan fingerprint density at radius 2 is 1.85 bits per heavy atom. The van der Waals surface area contributed by atoms with Gasteiger partial charge in [-0.3, -0.25) is 4.90 Å². The van der Waals surface area contributed by atoms with Gasteiger partial charge in [0.15, 0.2) is 5.82 Å². The van der Waals surface area contributed by atoms with E-state index in [2.05, 4.69) is 15.4 Å². The van der Waals surface area contributed by atoms with Crippen LogP contribution in [-0.2, 0) is 9.47 Å². The van der Waals surface area contributed by atoms with Gasteiger partial charge in [-0.2, -0.15) is 4.98 Å². The molecule has 0 spiro atoms.